The Morgan fingerprint density at radius 3 is 2.26 bits per heavy atom. The molecule has 1 amide bonds. The van der Waals surface area contributed by atoms with Crippen LogP contribution in [0.3, 0.4) is 0 Å². The highest BCUT2D eigenvalue weighted by atomic mass is 32.2. The summed E-state index contributed by atoms with van der Waals surface area (Å²) in [6, 6.07) is 15.2. The molecular weight excluding hydrogens is 515 g/mol. The molecule has 0 aromatic heterocycles. The third kappa shape index (κ3) is 6.23. The van der Waals surface area contributed by atoms with Crippen LogP contribution in [0.2, 0.25) is 0 Å². The quantitative estimate of drug-likeness (QED) is 0.510. The van der Waals surface area contributed by atoms with Crippen LogP contribution in [0.1, 0.15) is 36.8 Å². The lowest BCUT2D eigenvalue weighted by molar-refractivity contribution is -0.127. The Hall–Kier alpha value is -3.48. The maximum atomic E-state index is 13.3. The van der Waals surface area contributed by atoms with Crippen molar-refractivity contribution in [1.29, 1.82) is 5.26 Å². The average molecular weight is 549 g/mol. The highest BCUT2D eigenvalue weighted by molar-refractivity contribution is 7.92. The minimum atomic E-state index is -3.56. The van der Waals surface area contributed by atoms with Crippen molar-refractivity contribution >= 4 is 15.7 Å². The molecule has 39 heavy (non-hydrogen) atoms. The van der Waals surface area contributed by atoms with Crippen LogP contribution in [-0.4, -0.2) is 73.0 Å². The average Bonchev–Trinajstić information content (AvgIpc) is 2.98. The Morgan fingerprint density at radius 1 is 0.949 bits per heavy atom. The minimum absolute atomic E-state index is 0.0631. The highest BCUT2D eigenvalue weighted by Crippen LogP contribution is 2.27. The van der Waals surface area contributed by atoms with Gasteiger partial charge in [0.1, 0.15) is 5.82 Å². The van der Waals surface area contributed by atoms with Gasteiger partial charge in [-0.3, -0.25) is 9.69 Å². The molecule has 0 atom stereocenters. The molecule has 204 valence electrons. The van der Waals surface area contributed by atoms with Crippen molar-refractivity contribution in [3.05, 3.63) is 89.4 Å². The Balaban J connectivity index is 1.13. The first-order valence-electron chi connectivity index (χ1n) is 13.5. The first kappa shape index (κ1) is 27.1. The van der Waals surface area contributed by atoms with Crippen molar-refractivity contribution in [3.63, 3.8) is 0 Å². The SMILES string of the molecule is N#Cc1ccc(CN2CCC(N3C=C(C(=O)N4CCC(S(=O)(=O)c5ccc(F)cc5)CC4)C=CC3)CC2)cc1. The molecule has 7 nitrogen and oxygen atoms in total. The number of halogens is 1. The van der Waals surface area contributed by atoms with Gasteiger partial charge in [0, 0.05) is 51.5 Å². The molecule has 0 aliphatic carbocycles. The molecule has 0 radical (unpaired) electrons. The number of carbonyl (C=O) groups is 1. The first-order chi connectivity index (χ1) is 18.8. The van der Waals surface area contributed by atoms with E-state index >= 15 is 0 Å². The number of nitriles is 1. The van der Waals surface area contributed by atoms with Gasteiger partial charge in [0.2, 0.25) is 0 Å². The van der Waals surface area contributed by atoms with Gasteiger partial charge in [-0.15, -0.1) is 0 Å². The molecule has 3 aliphatic rings. The molecule has 3 heterocycles. The van der Waals surface area contributed by atoms with Crippen molar-refractivity contribution in [2.75, 3.05) is 32.7 Å². The van der Waals surface area contributed by atoms with E-state index in [-0.39, 0.29) is 10.8 Å². The Kier molecular flexibility index (Phi) is 8.15. The maximum absolute atomic E-state index is 13.3. The second-order valence-electron chi connectivity index (χ2n) is 10.5. The van der Waals surface area contributed by atoms with Crippen LogP contribution in [0.5, 0.6) is 0 Å². The number of hydrogen-bond donors (Lipinski definition) is 0. The number of nitrogens with zero attached hydrogens (tertiary/aromatic N) is 4. The summed E-state index contributed by atoms with van der Waals surface area (Å²) in [6.07, 6.45) is 8.63. The molecule has 0 unspecified atom stereocenters. The normalized spacial score (nSPS) is 19.5. The lowest BCUT2D eigenvalue weighted by atomic mass is 10.0. The van der Waals surface area contributed by atoms with Crippen LogP contribution in [0.15, 0.2) is 77.4 Å². The smallest absolute Gasteiger partial charge is 0.255 e. The van der Waals surface area contributed by atoms with E-state index in [9.17, 15) is 17.6 Å². The van der Waals surface area contributed by atoms with E-state index in [1.807, 2.05) is 42.6 Å². The minimum Gasteiger partial charge on any atom is -0.370 e. The monoisotopic (exact) mass is 548 g/mol. The van der Waals surface area contributed by atoms with Gasteiger partial charge in [0.15, 0.2) is 9.84 Å². The molecule has 5 rings (SSSR count). The van der Waals surface area contributed by atoms with Crippen LogP contribution < -0.4 is 0 Å². The lowest BCUT2D eigenvalue weighted by Crippen LogP contribution is -2.45. The number of sulfone groups is 1. The summed E-state index contributed by atoms with van der Waals surface area (Å²) >= 11 is 0. The third-order valence-electron chi connectivity index (χ3n) is 7.99. The predicted octanol–water partition coefficient (Wildman–Crippen LogP) is 3.88. The molecule has 3 aliphatic heterocycles. The molecule has 0 bridgehead atoms. The van der Waals surface area contributed by atoms with Crippen molar-refractivity contribution in [2.45, 2.75) is 48.4 Å². The second kappa shape index (κ2) is 11.7. The van der Waals surface area contributed by atoms with E-state index in [1.165, 1.54) is 29.8 Å². The van der Waals surface area contributed by atoms with Crippen molar-refractivity contribution in [3.8, 4) is 6.07 Å². The summed E-state index contributed by atoms with van der Waals surface area (Å²) in [7, 11) is -3.56. The third-order valence-corrected chi connectivity index (χ3v) is 10.3. The van der Waals surface area contributed by atoms with Crippen LogP contribution in [0, 0.1) is 17.1 Å². The van der Waals surface area contributed by atoms with Crippen LogP contribution >= 0.6 is 0 Å². The molecule has 2 aromatic carbocycles. The standard InChI is InChI=1S/C30H33FN4O3S/c31-26-7-9-28(10-8-26)39(37,38)29-13-18-34(19-14-29)30(36)25-2-1-15-35(22-25)27-11-16-33(17-12-27)21-24-5-3-23(20-32)4-6-24/h1-10,22,27,29H,11-19,21H2. The largest absolute Gasteiger partial charge is 0.370 e. The van der Waals surface area contributed by atoms with Gasteiger partial charge >= 0.3 is 0 Å². The fourth-order valence-corrected chi connectivity index (χ4v) is 7.41. The van der Waals surface area contributed by atoms with E-state index in [1.54, 1.807) is 4.90 Å². The van der Waals surface area contributed by atoms with E-state index in [2.05, 4.69) is 15.9 Å². The van der Waals surface area contributed by atoms with E-state index in [0.717, 1.165) is 39.0 Å². The second-order valence-corrected chi connectivity index (χ2v) is 12.7. The summed E-state index contributed by atoms with van der Waals surface area (Å²) in [5, 5.41) is 8.41. The van der Waals surface area contributed by atoms with E-state index in [4.69, 9.17) is 5.26 Å². The van der Waals surface area contributed by atoms with E-state index in [0.29, 0.717) is 43.1 Å². The zero-order chi connectivity index (χ0) is 27.4. The summed E-state index contributed by atoms with van der Waals surface area (Å²) in [5.74, 6) is -0.530. The number of carbonyl (C=O) groups excluding carboxylic acids is 1. The highest BCUT2D eigenvalue weighted by Gasteiger charge is 2.34. The number of likely N-dealkylation sites (tertiary alicyclic amines) is 2. The van der Waals surface area contributed by atoms with Crippen molar-refractivity contribution in [2.24, 2.45) is 0 Å². The van der Waals surface area contributed by atoms with Gasteiger partial charge < -0.3 is 9.80 Å². The Labute approximate surface area is 229 Å². The fourth-order valence-electron chi connectivity index (χ4n) is 5.68. The molecule has 0 saturated carbocycles. The molecule has 2 fully saturated rings. The lowest BCUT2D eigenvalue weighted by Gasteiger charge is -2.39. The maximum Gasteiger partial charge on any atom is 0.255 e. The van der Waals surface area contributed by atoms with Crippen LogP contribution in [0.25, 0.3) is 0 Å². The molecule has 2 aromatic rings. The van der Waals surface area contributed by atoms with Gasteiger partial charge in [0.25, 0.3) is 5.91 Å². The zero-order valence-electron chi connectivity index (χ0n) is 21.9. The number of piperidine rings is 2. The van der Waals surface area contributed by atoms with E-state index < -0.39 is 20.9 Å². The van der Waals surface area contributed by atoms with Gasteiger partial charge in [-0.2, -0.15) is 5.26 Å². The topological polar surface area (TPSA) is 84.7 Å². The number of amides is 1. The van der Waals surface area contributed by atoms with Crippen molar-refractivity contribution in [1.82, 2.24) is 14.7 Å². The number of rotatable bonds is 6. The van der Waals surface area contributed by atoms with Crippen LogP contribution in [0.4, 0.5) is 4.39 Å². The fraction of sp³-hybridized carbons (Fsp3) is 0.400. The number of benzene rings is 2. The molecule has 9 heteroatoms. The van der Waals surface area contributed by atoms with Gasteiger partial charge in [-0.1, -0.05) is 24.3 Å². The predicted molar refractivity (Wildman–Crippen MR) is 147 cm³/mol. The van der Waals surface area contributed by atoms with Crippen molar-refractivity contribution < 1.29 is 17.6 Å². The summed E-state index contributed by atoms with van der Waals surface area (Å²) in [4.78, 5) is 19.9. The summed E-state index contributed by atoms with van der Waals surface area (Å²) in [6.45, 7) is 4.33. The summed E-state index contributed by atoms with van der Waals surface area (Å²) in [5.41, 5.74) is 2.52. The molecule has 0 N–H and O–H groups in total. The first-order valence-corrected chi connectivity index (χ1v) is 15.0. The Morgan fingerprint density at radius 2 is 1.62 bits per heavy atom. The number of hydrogen-bond acceptors (Lipinski definition) is 6. The summed E-state index contributed by atoms with van der Waals surface area (Å²) < 4.78 is 39.2. The van der Waals surface area contributed by atoms with Gasteiger partial charge in [-0.25, -0.2) is 12.8 Å². The Bertz CT molecular complexity index is 1380. The van der Waals surface area contributed by atoms with Gasteiger partial charge in [0.05, 0.1) is 27.4 Å². The zero-order valence-corrected chi connectivity index (χ0v) is 22.7. The molecular formula is C30H33FN4O3S. The molecule has 0 spiro atoms. The van der Waals surface area contributed by atoms with Crippen LogP contribution in [-0.2, 0) is 21.2 Å². The molecule has 2 saturated heterocycles. The van der Waals surface area contributed by atoms with Gasteiger partial charge in [-0.05, 0) is 67.6 Å².